The van der Waals surface area contributed by atoms with Crippen LogP contribution in [0.4, 0.5) is 0 Å². The van der Waals surface area contributed by atoms with Crippen molar-refractivity contribution in [3.8, 4) is 0 Å². The molecule has 0 aromatic carbocycles. The van der Waals surface area contributed by atoms with E-state index in [1.807, 2.05) is 0 Å². The molecule has 0 amide bonds. The minimum Gasteiger partial charge on any atom is -0.508 e. The highest BCUT2D eigenvalue weighted by Gasteiger charge is 2.37. The van der Waals surface area contributed by atoms with Gasteiger partial charge in [-0.3, -0.25) is 4.79 Å². The summed E-state index contributed by atoms with van der Waals surface area (Å²) in [6.45, 7) is 0. The first-order chi connectivity index (χ1) is 6.37. The average Bonchev–Trinajstić information content (AvgIpc) is 2.11. The number of carbonyl (C=O) groups is 2. The monoisotopic (exact) mass is 220 g/mol. The van der Waals surface area contributed by atoms with Gasteiger partial charge in [-0.2, -0.15) is 0 Å². The lowest BCUT2D eigenvalue weighted by Gasteiger charge is -2.17. The van der Waals surface area contributed by atoms with Crippen molar-refractivity contribution in [1.29, 1.82) is 0 Å². The van der Waals surface area contributed by atoms with Gasteiger partial charge in [-0.05, 0) is 0 Å². The van der Waals surface area contributed by atoms with Gasteiger partial charge in [0.2, 0.25) is 5.78 Å². The van der Waals surface area contributed by atoms with E-state index in [0.717, 1.165) is 0 Å². The summed E-state index contributed by atoms with van der Waals surface area (Å²) in [4.78, 5) is 21.4. The van der Waals surface area contributed by atoms with Crippen LogP contribution >= 0.6 is 11.6 Å². The molecule has 0 heterocycles. The minimum absolute atomic E-state index is 0.787. The Morgan fingerprint density at radius 2 is 1.86 bits per heavy atom. The van der Waals surface area contributed by atoms with Crippen LogP contribution in [0.3, 0.4) is 0 Å². The van der Waals surface area contributed by atoms with E-state index in [-0.39, 0.29) is 0 Å². The number of aliphatic carboxylic acids is 1. The van der Waals surface area contributed by atoms with Crippen molar-refractivity contribution in [2.24, 2.45) is 0 Å². The van der Waals surface area contributed by atoms with Crippen LogP contribution in [0.15, 0.2) is 22.1 Å². The lowest BCUT2D eigenvalue weighted by molar-refractivity contribution is -0.133. The summed E-state index contributed by atoms with van der Waals surface area (Å²) >= 11 is 5.28. The highest BCUT2D eigenvalue weighted by Crippen LogP contribution is 2.28. The van der Waals surface area contributed by atoms with Gasteiger partial charge in [-0.25, -0.2) is 4.79 Å². The number of Topliss-reactive ketones (excluding diaryl/α,β-unsaturated/α-hetero) is 1. The standard InChI is InChI=1S/C7H5ClO6/c8-2-1(7(13)14)3(9)5(11)6(12)4(2)10/h5,9-11H,(H,13,14). The quantitative estimate of drug-likeness (QED) is 0.488. The lowest BCUT2D eigenvalue weighted by atomic mass is 9.99. The molecule has 0 aromatic heterocycles. The zero-order valence-corrected chi connectivity index (χ0v) is 7.32. The van der Waals surface area contributed by atoms with Crippen LogP contribution in [0.2, 0.25) is 0 Å². The second-order valence-corrected chi connectivity index (χ2v) is 2.87. The van der Waals surface area contributed by atoms with E-state index in [1.165, 1.54) is 0 Å². The number of halogens is 1. The van der Waals surface area contributed by atoms with Gasteiger partial charge in [0, 0.05) is 0 Å². The maximum absolute atomic E-state index is 10.9. The molecule has 0 bridgehead atoms. The van der Waals surface area contributed by atoms with Gasteiger partial charge in [-0.1, -0.05) is 11.6 Å². The van der Waals surface area contributed by atoms with Crippen molar-refractivity contribution < 1.29 is 30.0 Å². The van der Waals surface area contributed by atoms with Gasteiger partial charge in [-0.15, -0.1) is 0 Å². The number of carboxylic acid groups (broad SMARTS) is 1. The number of hydrogen-bond donors (Lipinski definition) is 4. The molecule has 1 aliphatic rings. The van der Waals surface area contributed by atoms with Crippen molar-refractivity contribution in [3.63, 3.8) is 0 Å². The number of hydrogen-bond acceptors (Lipinski definition) is 5. The second-order valence-electron chi connectivity index (χ2n) is 2.49. The highest BCUT2D eigenvalue weighted by molar-refractivity contribution is 6.37. The van der Waals surface area contributed by atoms with E-state index in [2.05, 4.69) is 0 Å². The summed E-state index contributed by atoms with van der Waals surface area (Å²) in [7, 11) is 0. The molecule has 0 saturated carbocycles. The maximum Gasteiger partial charge on any atom is 0.340 e. The van der Waals surface area contributed by atoms with Crippen molar-refractivity contribution in [2.45, 2.75) is 6.10 Å². The molecule has 0 fully saturated rings. The SMILES string of the molecule is O=C(O)C1=C(O)C(O)C(=O)C(O)=C1Cl. The molecular formula is C7H5ClO6. The first-order valence-electron chi connectivity index (χ1n) is 3.35. The second kappa shape index (κ2) is 3.32. The van der Waals surface area contributed by atoms with Crippen LogP contribution in [-0.2, 0) is 9.59 Å². The number of aliphatic hydroxyl groups is 3. The third-order valence-corrected chi connectivity index (χ3v) is 2.01. The van der Waals surface area contributed by atoms with Crippen molar-refractivity contribution in [2.75, 3.05) is 0 Å². The van der Waals surface area contributed by atoms with E-state index in [0.29, 0.717) is 0 Å². The fourth-order valence-corrected chi connectivity index (χ4v) is 1.20. The molecule has 7 heteroatoms. The highest BCUT2D eigenvalue weighted by atomic mass is 35.5. The Kier molecular flexibility index (Phi) is 2.50. The van der Waals surface area contributed by atoms with Gasteiger partial charge in [0.25, 0.3) is 0 Å². The first-order valence-corrected chi connectivity index (χ1v) is 3.73. The van der Waals surface area contributed by atoms with Crippen molar-refractivity contribution >= 4 is 23.4 Å². The Morgan fingerprint density at radius 3 is 2.29 bits per heavy atom. The van der Waals surface area contributed by atoms with E-state index >= 15 is 0 Å². The largest absolute Gasteiger partial charge is 0.508 e. The molecule has 0 spiro atoms. The Hall–Kier alpha value is -1.53. The average molecular weight is 221 g/mol. The number of aliphatic hydroxyl groups excluding tert-OH is 3. The van der Waals surface area contributed by atoms with Gasteiger partial charge >= 0.3 is 5.97 Å². The van der Waals surface area contributed by atoms with Gasteiger partial charge in [0.1, 0.15) is 16.4 Å². The molecule has 0 saturated heterocycles. The predicted molar refractivity (Wildman–Crippen MR) is 43.8 cm³/mol. The molecule has 1 atom stereocenters. The summed E-state index contributed by atoms with van der Waals surface area (Å²) in [6.07, 6.45) is -2.08. The molecule has 6 nitrogen and oxygen atoms in total. The molecule has 14 heavy (non-hydrogen) atoms. The molecule has 0 aliphatic heterocycles. The number of rotatable bonds is 1. The fraction of sp³-hybridized carbons (Fsp3) is 0.143. The molecule has 1 aliphatic carbocycles. The summed E-state index contributed by atoms with van der Waals surface area (Å²) in [5.74, 6) is -5.04. The van der Waals surface area contributed by atoms with Gasteiger partial charge in [0.15, 0.2) is 11.9 Å². The molecule has 4 N–H and O–H groups in total. The molecule has 76 valence electrons. The predicted octanol–water partition coefficient (Wildman–Crippen LogP) is -0.165. The van der Waals surface area contributed by atoms with E-state index in [9.17, 15) is 9.59 Å². The third-order valence-electron chi connectivity index (χ3n) is 1.64. The lowest BCUT2D eigenvalue weighted by Crippen LogP contribution is -2.31. The van der Waals surface area contributed by atoms with E-state index in [1.54, 1.807) is 0 Å². The van der Waals surface area contributed by atoms with Crippen molar-refractivity contribution in [1.82, 2.24) is 0 Å². The van der Waals surface area contributed by atoms with E-state index < -0.39 is 40.0 Å². The molecule has 1 rings (SSSR count). The Labute approximate surface area is 82.3 Å². The summed E-state index contributed by atoms with van der Waals surface area (Å²) in [6, 6.07) is 0. The number of carboxylic acids is 1. The summed E-state index contributed by atoms with van der Waals surface area (Å²) in [5.41, 5.74) is -0.878. The van der Waals surface area contributed by atoms with Gasteiger partial charge in [0.05, 0.1) is 0 Å². The summed E-state index contributed by atoms with van der Waals surface area (Å²) in [5, 5.41) is 34.8. The van der Waals surface area contributed by atoms with Crippen LogP contribution in [0.5, 0.6) is 0 Å². The third kappa shape index (κ3) is 1.34. The Balaban J connectivity index is 3.40. The smallest absolute Gasteiger partial charge is 0.340 e. The van der Waals surface area contributed by atoms with Crippen LogP contribution < -0.4 is 0 Å². The van der Waals surface area contributed by atoms with Crippen LogP contribution in [0, 0.1) is 0 Å². The van der Waals surface area contributed by atoms with E-state index in [4.69, 9.17) is 32.0 Å². The molecule has 0 radical (unpaired) electrons. The normalized spacial score (nSPS) is 23.0. The number of ketones is 1. The maximum atomic E-state index is 10.9. The molecule has 0 aromatic rings. The minimum atomic E-state index is -2.08. The number of carbonyl (C=O) groups excluding carboxylic acids is 1. The topological polar surface area (TPSA) is 115 Å². The van der Waals surface area contributed by atoms with Crippen LogP contribution in [0.1, 0.15) is 0 Å². The zero-order chi connectivity index (χ0) is 11.0. The van der Waals surface area contributed by atoms with Gasteiger partial charge < -0.3 is 20.4 Å². The fourth-order valence-electron chi connectivity index (χ4n) is 0.933. The van der Waals surface area contributed by atoms with Crippen LogP contribution in [0.25, 0.3) is 0 Å². The first kappa shape index (κ1) is 10.6. The zero-order valence-electron chi connectivity index (χ0n) is 6.56. The molecule has 1 unspecified atom stereocenters. The summed E-state index contributed by atoms with van der Waals surface area (Å²) < 4.78 is 0. The van der Waals surface area contributed by atoms with Crippen LogP contribution in [-0.4, -0.2) is 38.3 Å². The molecular weight excluding hydrogens is 216 g/mol. The Morgan fingerprint density at radius 1 is 1.36 bits per heavy atom. The van der Waals surface area contributed by atoms with Crippen molar-refractivity contribution in [3.05, 3.63) is 22.1 Å². The Bertz CT molecular complexity index is 380.